The van der Waals surface area contributed by atoms with Crippen molar-refractivity contribution in [1.29, 1.82) is 0 Å². The number of nitrogens with one attached hydrogen (secondary N) is 2. The number of anilines is 2. The first-order valence-electron chi connectivity index (χ1n) is 11.1. The molecule has 0 radical (unpaired) electrons. The molecule has 3 aromatic rings. The van der Waals surface area contributed by atoms with Crippen LogP contribution < -0.4 is 29.7 Å². The third kappa shape index (κ3) is 4.61. The Morgan fingerprint density at radius 1 is 0.943 bits per heavy atom. The van der Waals surface area contributed by atoms with Crippen LogP contribution in [0, 0.1) is 0 Å². The summed E-state index contributed by atoms with van der Waals surface area (Å²) in [4.78, 5) is 39.7. The van der Waals surface area contributed by atoms with Gasteiger partial charge in [0.15, 0.2) is 17.6 Å². The maximum Gasteiger partial charge on any atom is 0.267 e. The number of rotatable bonds is 5. The topological polar surface area (TPSA) is 106 Å². The van der Waals surface area contributed by atoms with Gasteiger partial charge in [-0.15, -0.1) is 0 Å². The highest BCUT2D eigenvalue weighted by Crippen LogP contribution is 2.34. The van der Waals surface area contributed by atoms with Gasteiger partial charge >= 0.3 is 0 Å². The van der Waals surface area contributed by atoms with Gasteiger partial charge in [-0.2, -0.15) is 0 Å². The maximum absolute atomic E-state index is 13.1. The number of nitrogens with zero attached hydrogens (tertiary/aromatic N) is 1. The first-order chi connectivity index (χ1) is 17.0. The van der Waals surface area contributed by atoms with Crippen molar-refractivity contribution in [3.8, 4) is 17.2 Å². The molecule has 3 amide bonds. The maximum atomic E-state index is 13.1. The normalized spacial score (nSPS) is 15.6. The van der Waals surface area contributed by atoms with E-state index in [4.69, 9.17) is 14.2 Å². The van der Waals surface area contributed by atoms with Gasteiger partial charge in [0.25, 0.3) is 11.8 Å². The third-order valence-electron chi connectivity index (χ3n) is 5.77. The summed E-state index contributed by atoms with van der Waals surface area (Å²) in [6.45, 7) is 1.96. The van der Waals surface area contributed by atoms with Crippen molar-refractivity contribution in [2.45, 2.75) is 19.6 Å². The van der Waals surface area contributed by atoms with Crippen LogP contribution in [-0.4, -0.2) is 37.2 Å². The van der Waals surface area contributed by atoms with Crippen LogP contribution in [0.4, 0.5) is 11.4 Å². The Kier molecular flexibility index (Phi) is 5.97. The third-order valence-corrected chi connectivity index (χ3v) is 5.77. The van der Waals surface area contributed by atoms with E-state index < -0.39 is 12.0 Å². The van der Waals surface area contributed by atoms with Crippen LogP contribution in [0.3, 0.4) is 0 Å². The van der Waals surface area contributed by atoms with E-state index in [1.54, 1.807) is 54.6 Å². The van der Waals surface area contributed by atoms with E-state index in [0.29, 0.717) is 34.2 Å². The Hall–Kier alpha value is -4.53. The van der Waals surface area contributed by atoms with E-state index in [-0.39, 0.29) is 31.7 Å². The molecule has 5 rings (SSSR count). The average Bonchev–Trinajstić information content (AvgIpc) is 3.35. The number of amides is 3. The average molecular weight is 473 g/mol. The summed E-state index contributed by atoms with van der Waals surface area (Å²) < 4.78 is 16.5. The molecule has 9 heteroatoms. The summed E-state index contributed by atoms with van der Waals surface area (Å²) >= 11 is 0. The zero-order valence-corrected chi connectivity index (χ0v) is 18.9. The minimum atomic E-state index is -0.932. The van der Waals surface area contributed by atoms with Crippen molar-refractivity contribution in [1.82, 2.24) is 5.32 Å². The van der Waals surface area contributed by atoms with Crippen LogP contribution >= 0.6 is 0 Å². The summed E-state index contributed by atoms with van der Waals surface area (Å²) in [5, 5.41) is 5.65. The number of carbonyl (C=O) groups excluding carboxylic acids is 3. The molecule has 1 atom stereocenters. The van der Waals surface area contributed by atoms with Crippen LogP contribution in [0.5, 0.6) is 17.2 Å². The molecule has 2 aliphatic rings. The number of ether oxygens (including phenoxy) is 3. The molecule has 35 heavy (non-hydrogen) atoms. The SMILES string of the molecule is CC(=O)N1C[C@@H](C(=O)Nc2ccccc2C(=O)NCc2ccc3c(c2)OCO3)Oc2ccccc21. The highest BCUT2D eigenvalue weighted by molar-refractivity contribution is 6.05. The number of fused-ring (bicyclic) bond motifs is 2. The number of para-hydroxylation sites is 3. The van der Waals surface area contributed by atoms with Crippen molar-refractivity contribution < 1.29 is 28.6 Å². The standard InChI is InChI=1S/C26H23N3O6/c1-16(30)29-14-24(35-21-9-5-4-8-20(21)29)26(32)28-19-7-3-2-6-18(19)25(31)27-13-17-10-11-22-23(12-17)34-15-33-22/h2-12,24H,13-15H2,1H3,(H,27,31)(H,28,32)/t24-/m0/s1. The molecule has 3 aromatic carbocycles. The molecule has 2 aliphatic heterocycles. The van der Waals surface area contributed by atoms with Gasteiger partial charge in [0.1, 0.15) is 5.75 Å². The lowest BCUT2D eigenvalue weighted by Crippen LogP contribution is -2.48. The van der Waals surface area contributed by atoms with Crippen molar-refractivity contribution >= 4 is 29.1 Å². The van der Waals surface area contributed by atoms with Gasteiger partial charge in [-0.1, -0.05) is 30.3 Å². The van der Waals surface area contributed by atoms with Crippen LogP contribution in [0.15, 0.2) is 66.7 Å². The molecule has 2 heterocycles. The predicted molar refractivity (Wildman–Crippen MR) is 128 cm³/mol. The second kappa shape index (κ2) is 9.38. The molecule has 178 valence electrons. The summed E-state index contributed by atoms with van der Waals surface area (Å²) in [5.74, 6) is 0.758. The molecule has 0 aromatic heterocycles. The van der Waals surface area contributed by atoms with Gasteiger partial charge in [-0.25, -0.2) is 0 Å². The van der Waals surface area contributed by atoms with E-state index in [9.17, 15) is 14.4 Å². The summed E-state index contributed by atoms with van der Waals surface area (Å²) in [6, 6.07) is 19.2. The molecule has 0 spiro atoms. The Morgan fingerprint density at radius 2 is 1.71 bits per heavy atom. The van der Waals surface area contributed by atoms with Crippen LogP contribution in [-0.2, 0) is 16.1 Å². The quantitative estimate of drug-likeness (QED) is 0.590. The van der Waals surface area contributed by atoms with E-state index in [0.717, 1.165) is 5.56 Å². The lowest BCUT2D eigenvalue weighted by Gasteiger charge is -2.33. The second-order valence-electron chi connectivity index (χ2n) is 8.11. The van der Waals surface area contributed by atoms with Gasteiger partial charge in [-0.3, -0.25) is 14.4 Å². The van der Waals surface area contributed by atoms with Gasteiger partial charge in [0.2, 0.25) is 12.7 Å². The van der Waals surface area contributed by atoms with Gasteiger partial charge in [0, 0.05) is 13.5 Å². The van der Waals surface area contributed by atoms with Crippen LogP contribution in [0.1, 0.15) is 22.8 Å². The zero-order chi connectivity index (χ0) is 24.4. The molecule has 0 unspecified atom stereocenters. The number of benzene rings is 3. The zero-order valence-electron chi connectivity index (χ0n) is 18.9. The lowest BCUT2D eigenvalue weighted by atomic mass is 10.1. The Bertz CT molecular complexity index is 1310. The number of hydrogen-bond acceptors (Lipinski definition) is 6. The summed E-state index contributed by atoms with van der Waals surface area (Å²) in [5.41, 5.74) is 2.12. The molecular formula is C26H23N3O6. The van der Waals surface area contributed by atoms with Gasteiger partial charge in [-0.05, 0) is 42.0 Å². The fourth-order valence-corrected chi connectivity index (χ4v) is 4.00. The second-order valence-corrected chi connectivity index (χ2v) is 8.11. The highest BCUT2D eigenvalue weighted by atomic mass is 16.7. The molecule has 9 nitrogen and oxygen atoms in total. The van der Waals surface area contributed by atoms with E-state index in [2.05, 4.69) is 10.6 Å². The fourth-order valence-electron chi connectivity index (χ4n) is 4.00. The minimum absolute atomic E-state index is 0.0661. The minimum Gasteiger partial charge on any atom is -0.476 e. The smallest absolute Gasteiger partial charge is 0.267 e. The van der Waals surface area contributed by atoms with Gasteiger partial charge in [0.05, 0.1) is 23.5 Å². The Balaban J connectivity index is 1.28. The molecule has 0 aliphatic carbocycles. The van der Waals surface area contributed by atoms with Gasteiger partial charge < -0.3 is 29.7 Å². The highest BCUT2D eigenvalue weighted by Gasteiger charge is 2.33. The Morgan fingerprint density at radius 3 is 2.57 bits per heavy atom. The molecule has 0 bridgehead atoms. The van der Waals surface area contributed by atoms with Crippen LogP contribution in [0.2, 0.25) is 0 Å². The van der Waals surface area contributed by atoms with Crippen molar-refractivity contribution in [3.05, 3.63) is 77.9 Å². The van der Waals surface area contributed by atoms with E-state index >= 15 is 0 Å². The molecule has 0 saturated heterocycles. The van der Waals surface area contributed by atoms with Crippen LogP contribution in [0.25, 0.3) is 0 Å². The first kappa shape index (κ1) is 22.3. The number of carbonyl (C=O) groups is 3. The van der Waals surface area contributed by atoms with Crippen molar-refractivity contribution in [3.63, 3.8) is 0 Å². The summed E-state index contributed by atoms with van der Waals surface area (Å²) in [7, 11) is 0. The number of hydrogen-bond donors (Lipinski definition) is 2. The van der Waals surface area contributed by atoms with E-state index in [1.165, 1.54) is 11.8 Å². The predicted octanol–water partition coefficient (Wildman–Crippen LogP) is 3.10. The Labute approximate surface area is 201 Å². The first-order valence-corrected chi connectivity index (χ1v) is 11.1. The monoisotopic (exact) mass is 473 g/mol. The van der Waals surface area contributed by atoms with Crippen molar-refractivity contribution in [2.24, 2.45) is 0 Å². The largest absolute Gasteiger partial charge is 0.476 e. The molecule has 0 saturated carbocycles. The van der Waals surface area contributed by atoms with E-state index in [1.807, 2.05) is 12.1 Å². The molecular weight excluding hydrogens is 450 g/mol. The molecule has 0 fully saturated rings. The van der Waals surface area contributed by atoms with Crippen molar-refractivity contribution in [2.75, 3.05) is 23.6 Å². The fraction of sp³-hybridized carbons (Fsp3) is 0.192. The lowest BCUT2D eigenvalue weighted by molar-refractivity contribution is -0.123. The molecule has 2 N–H and O–H groups in total. The summed E-state index contributed by atoms with van der Waals surface area (Å²) in [6.07, 6.45) is -0.932.